The molecule has 0 atom stereocenters. The Morgan fingerprint density at radius 2 is 2.00 bits per heavy atom. The number of nitrogens with two attached hydrogens (primary N) is 1. The van der Waals surface area contributed by atoms with Crippen LogP contribution in [0.1, 0.15) is 18.9 Å². The summed E-state index contributed by atoms with van der Waals surface area (Å²) in [4.78, 5) is 10.7. The summed E-state index contributed by atoms with van der Waals surface area (Å²) in [7, 11) is 0. The van der Waals surface area contributed by atoms with Crippen molar-refractivity contribution in [3.63, 3.8) is 0 Å². The number of hydrogen-bond donors (Lipinski definition) is 2. The highest BCUT2D eigenvalue weighted by Gasteiger charge is 2.10. The molecule has 0 heterocycles. The van der Waals surface area contributed by atoms with E-state index in [9.17, 15) is 4.79 Å². The topological polar surface area (TPSA) is 64.3 Å². The van der Waals surface area contributed by atoms with Gasteiger partial charge in [-0.15, -0.1) is 0 Å². The Labute approximate surface area is 124 Å². The van der Waals surface area contributed by atoms with Crippen LogP contribution in [0.25, 0.3) is 0 Å². The molecule has 1 rings (SSSR count). The highest BCUT2D eigenvalue weighted by Crippen LogP contribution is 2.34. The molecular weight excluding hydrogens is 364 g/mol. The van der Waals surface area contributed by atoms with Crippen molar-refractivity contribution in [3.8, 4) is 5.75 Å². The van der Waals surface area contributed by atoms with Crippen molar-refractivity contribution < 1.29 is 9.53 Å². The minimum absolute atomic E-state index is 0.134. The van der Waals surface area contributed by atoms with Crippen LogP contribution in [-0.2, 0) is 11.3 Å². The summed E-state index contributed by atoms with van der Waals surface area (Å²) >= 11 is 6.84. The third-order valence-corrected chi connectivity index (χ3v) is 3.35. The molecule has 0 aromatic heterocycles. The first-order valence-corrected chi connectivity index (χ1v) is 7.23. The quantitative estimate of drug-likeness (QED) is 0.715. The van der Waals surface area contributed by atoms with E-state index in [0.29, 0.717) is 5.75 Å². The first-order chi connectivity index (χ1) is 8.54. The lowest BCUT2D eigenvalue weighted by atomic mass is 10.2. The Bertz CT molecular complexity index is 402. The van der Waals surface area contributed by atoms with E-state index in [1.54, 1.807) is 0 Å². The van der Waals surface area contributed by atoms with Crippen molar-refractivity contribution in [1.82, 2.24) is 5.32 Å². The fourth-order valence-corrected chi connectivity index (χ4v) is 2.92. The SMILES string of the molecule is CCCNCc1cc(Br)c(OCC(N)=O)c(Br)c1. The van der Waals surface area contributed by atoms with Crippen LogP contribution in [0.4, 0.5) is 0 Å². The fraction of sp³-hybridized carbons (Fsp3) is 0.417. The Morgan fingerprint density at radius 1 is 1.39 bits per heavy atom. The highest BCUT2D eigenvalue weighted by molar-refractivity contribution is 9.11. The second kappa shape index (κ2) is 7.76. The average Bonchev–Trinajstić information content (AvgIpc) is 2.28. The monoisotopic (exact) mass is 378 g/mol. The predicted octanol–water partition coefficient (Wildman–Crippen LogP) is 2.58. The first kappa shape index (κ1) is 15.5. The summed E-state index contributed by atoms with van der Waals surface area (Å²) in [6.45, 7) is 3.76. The molecule has 0 radical (unpaired) electrons. The zero-order valence-electron chi connectivity index (χ0n) is 10.1. The number of carbonyl (C=O) groups is 1. The molecule has 100 valence electrons. The van der Waals surface area contributed by atoms with Crippen LogP contribution in [-0.4, -0.2) is 19.1 Å². The Morgan fingerprint density at radius 3 is 2.50 bits per heavy atom. The van der Waals surface area contributed by atoms with E-state index in [1.807, 2.05) is 12.1 Å². The van der Waals surface area contributed by atoms with Crippen LogP contribution in [0.15, 0.2) is 21.1 Å². The van der Waals surface area contributed by atoms with Crippen molar-refractivity contribution in [3.05, 3.63) is 26.6 Å². The van der Waals surface area contributed by atoms with Gasteiger partial charge in [-0.25, -0.2) is 0 Å². The van der Waals surface area contributed by atoms with E-state index in [2.05, 4.69) is 44.1 Å². The summed E-state index contributed by atoms with van der Waals surface area (Å²) in [6, 6.07) is 3.92. The zero-order chi connectivity index (χ0) is 13.5. The van der Waals surface area contributed by atoms with Gasteiger partial charge in [0.05, 0.1) is 8.95 Å². The van der Waals surface area contributed by atoms with Gasteiger partial charge in [-0.3, -0.25) is 4.79 Å². The van der Waals surface area contributed by atoms with Gasteiger partial charge in [-0.1, -0.05) is 6.92 Å². The molecule has 0 spiro atoms. The number of benzene rings is 1. The lowest BCUT2D eigenvalue weighted by Gasteiger charge is -2.11. The largest absolute Gasteiger partial charge is 0.481 e. The fourth-order valence-electron chi connectivity index (χ4n) is 1.41. The number of primary amides is 1. The third-order valence-electron chi connectivity index (χ3n) is 2.17. The smallest absolute Gasteiger partial charge is 0.255 e. The Kier molecular flexibility index (Phi) is 6.67. The maximum absolute atomic E-state index is 10.7. The molecule has 1 amide bonds. The van der Waals surface area contributed by atoms with E-state index in [4.69, 9.17) is 10.5 Å². The molecule has 0 saturated heterocycles. The summed E-state index contributed by atoms with van der Waals surface area (Å²) in [6.07, 6.45) is 1.10. The van der Waals surface area contributed by atoms with E-state index >= 15 is 0 Å². The van der Waals surface area contributed by atoms with Crippen LogP contribution in [0.5, 0.6) is 5.75 Å². The number of ether oxygens (including phenoxy) is 1. The maximum atomic E-state index is 10.7. The number of amides is 1. The molecule has 0 unspecified atom stereocenters. The van der Waals surface area contributed by atoms with Gasteiger partial charge in [-0.2, -0.15) is 0 Å². The Hall–Kier alpha value is -0.590. The maximum Gasteiger partial charge on any atom is 0.255 e. The number of hydrogen-bond acceptors (Lipinski definition) is 3. The van der Waals surface area contributed by atoms with Gasteiger partial charge >= 0.3 is 0 Å². The van der Waals surface area contributed by atoms with Gasteiger partial charge in [0.15, 0.2) is 6.61 Å². The summed E-state index contributed by atoms with van der Waals surface area (Å²) in [5.41, 5.74) is 6.18. The number of carbonyl (C=O) groups excluding carboxylic acids is 1. The molecule has 1 aromatic carbocycles. The molecule has 18 heavy (non-hydrogen) atoms. The third kappa shape index (κ3) is 4.96. The lowest BCUT2D eigenvalue weighted by molar-refractivity contribution is -0.119. The molecule has 0 bridgehead atoms. The van der Waals surface area contributed by atoms with Crippen molar-refractivity contribution in [2.75, 3.05) is 13.2 Å². The number of nitrogens with one attached hydrogen (secondary N) is 1. The van der Waals surface area contributed by atoms with Gasteiger partial charge < -0.3 is 15.8 Å². The standard InChI is InChI=1S/C12H16Br2N2O2/c1-2-3-16-6-8-4-9(13)12(10(14)5-8)18-7-11(15)17/h4-5,16H,2-3,6-7H2,1H3,(H2,15,17). The minimum atomic E-state index is -0.498. The molecule has 0 aliphatic heterocycles. The van der Waals surface area contributed by atoms with E-state index in [0.717, 1.165) is 34.0 Å². The predicted molar refractivity (Wildman–Crippen MR) is 78.5 cm³/mol. The van der Waals surface area contributed by atoms with Crippen LogP contribution >= 0.6 is 31.9 Å². The summed E-state index contributed by atoms with van der Waals surface area (Å²) in [5.74, 6) is 0.0931. The van der Waals surface area contributed by atoms with E-state index < -0.39 is 5.91 Å². The van der Waals surface area contributed by atoms with Crippen LogP contribution in [0.3, 0.4) is 0 Å². The zero-order valence-corrected chi connectivity index (χ0v) is 13.3. The van der Waals surface area contributed by atoms with Gasteiger partial charge in [0.1, 0.15) is 5.75 Å². The molecule has 1 aromatic rings. The molecule has 0 aliphatic rings. The van der Waals surface area contributed by atoms with E-state index in [1.165, 1.54) is 0 Å². The van der Waals surface area contributed by atoms with Crippen molar-refractivity contribution in [2.24, 2.45) is 5.73 Å². The molecule has 0 saturated carbocycles. The second-order valence-electron chi connectivity index (χ2n) is 3.82. The van der Waals surface area contributed by atoms with Crippen molar-refractivity contribution >= 4 is 37.8 Å². The van der Waals surface area contributed by atoms with Gasteiger partial charge in [0, 0.05) is 6.54 Å². The molecule has 3 N–H and O–H groups in total. The van der Waals surface area contributed by atoms with Crippen LogP contribution in [0, 0.1) is 0 Å². The molecule has 0 aliphatic carbocycles. The average molecular weight is 380 g/mol. The first-order valence-electron chi connectivity index (χ1n) is 5.64. The van der Waals surface area contributed by atoms with E-state index in [-0.39, 0.29) is 6.61 Å². The summed E-state index contributed by atoms with van der Waals surface area (Å²) in [5, 5.41) is 3.32. The van der Waals surface area contributed by atoms with Gasteiger partial charge in [0.2, 0.25) is 0 Å². The molecule has 0 fully saturated rings. The minimum Gasteiger partial charge on any atom is -0.481 e. The number of rotatable bonds is 7. The van der Waals surface area contributed by atoms with Crippen molar-refractivity contribution in [1.29, 1.82) is 0 Å². The second-order valence-corrected chi connectivity index (χ2v) is 5.53. The lowest BCUT2D eigenvalue weighted by Crippen LogP contribution is -2.20. The van der Waals surface area contributed by atoms with Crippen LogP contribution < -0.4 is 15.8 Å². The van der Waals surface area contributed by atoms with Crippen molar-refractivity contribution in [2.45, 2.75) is 19.9 Å². The number of halogens is 2. The molecular formula is C12H16Br2N2O2. The highest BCUT2D eigenvalue weighted by atomic mass is 79.9. The summed E-state index contributed by atoms with van der Waals surface area (Å²) < 4.78 is 6.92. The molecule has 6 heteroatoms. The Balaban J connectivity index is 2.74. The normalized spacial score (nSPS) is 10.4. The van der Waals surface area contributed by atoms with Crippen LogP contribution in [0.2, 0.25) is 0 Å². The van der Waals surface area contributed by atoms with Gasteiger partial charge in [0.25, 0.3) is 5.91 Å². The van der Waals surface area contributed by atoms with Gasteiger partial charge in [-0.05, 0) is 62.5 Å². The molecule has 4 nitrogen and oxygen atoms in total.